The Labute approximate surface area is 125 Å². The molecule has 114 valence electrons. The maximum absolute atomic E-state index is 12.5. The van der Waals surface area contributed by atoms with Crippen molar-refractivity contribution in [1.29, 1.82) is 0 Å². The average molecular weight is 290 g/mol. The Hall–Kier alpha value is -2.04. The first kappa shape index (κ1) is 15.4. The number of ether oxygens (including phenoxy) is 1. The Morgan fingerprint density at radius 1 is 1.33 bits per heavy atom. The molecule has 1 aliphatic heterocycles. The minimum Gasteiger partial charge on any atom is -0.497 e. The fourth-order valence-corrected chi connectivity index (χ4v) is 2.61. The SMILES string of the molecule is CCNC(=O)C1(C)CCN(C(=O)c2ccc(OC)cc2)C1. The van der Waals surface area contributed by atoms with Crippen LogP contribution in [0.5, 0.6) is 5.75 Å². The van der Waals surface area contributed by atoms with Gasteiger partial charge in [-0.3, -0.25) is 9.59 Å². The van der Waals surface area contributed by atoms with Crippen LogP contribution < -0.4 is 10.1 Å². The molecule has 2 amide bonds. The zero-order valence-corrected chi connectivity index (χ0v) is 12.8. The molecule has 1 aromatic rings. The van der Waals surface area contributed by atoms with Crippen molar-refractivity contribution < 1.29 is 14.3 Å². The van der Waals surface area contributed by atoms with Crippen molar-refractivity contribution in [2.24, 2.45) is 5.41 Å². The summed E-state index contributed by atoms with van der Waals surface area (Å²) >= 11 is 0. The molecule has 5 nitrogen and oxygen atoms in total. The second-order valence-electron chi connectivity index (χ2n) is 5.63. The molecule has 1 heterocycles. The van der Waals surface area contributed by atoms with Gasteiger partial charge in [0.2, 0.25) is 5.91 Å². The Balaban J connectivity index is 2.06. The van der Waals surface area contributed by atoms with Crippen LogP contribution in [0, 0.1) is 5.41 Å². The third kappa shape index (κ3) is 3.17. The summed E-state index contributed by atoms with van der Waals surface area (Å²) in [6.45, 7) is 5.50. The molecule has 1 N–H and O–H groups in total. The van der Waals surface area contributed by atoms with E-state index in [1.165, 1.54) is 0 Å². The second kappa shape index (κ2) is 6.16. The number of rotatable bonds is 4. The summed E-state index contributed by atoms with van der Waals surface area (Å²) < 4.78 is 5.09. The number of likely N-dealkylation sites (tertiary alicyclic amines) is 1. The third-order valence-electron chi connectivity index (χ3n) is 3.98. The number of methoxy groups -OCH3 is 1. The second-order valence-corrected chi connectivity index (χ2v) is 5.63. The van der Waals surface area contributed by atoms with Gasteiger partial charge >= 0.3 is 0 Å². The molecule has 1 unspecified atom stereocenters. The average Bonchev–Trinajstić information content (AvgIpc) is 2.91. The van der Waals surface area contributed by atoms with Crippen molar-refractivity contribution in [2.45, 2.75) is 20.3 Å². The van der Waals surface area contributed by atoms with E-state index >= 15 is 0 Å². The Morgan fingerprint density at radius 2 is 2.00 bits per heavy atom. The number of hydrogen-bond donors (Lipinski definition) is 1. The van der Waals surface area contributed by atoms with E-state index in [4.69, 9.17) is 4.74 Å². The molecule has 1 aromatic carbocycles. The summed E-state index contributed by atoms with van der Waals surface area (Å²) in [6, 6.07) is 7.05. The van der Waals surface area contributed by atoms with Gasteiger partial charge in [0.15, 0.2) is 0 Å². The Bertz CT molecular complexity index is 527. The molecule has 1 saturated heterocycles. The van der Waals surface area contributed by atoms with Crippen molar-refractivity contribution in [2.75, 3.05) is 26.7 Å². The molecule has 21 heavy (non-hydrogen) atoms. The van der Waals surface area contributed by atoms with Crippen LogP contribution in [0.4, 0.5) is 0 Å². The summed E-state index contributed by atoms with van der Waals surface area (Å²) in [5.41, 5.74) is 0.133. The molecular weight excluding hydrogens is 268 g/mol. The third-order valence-corrected chi connectivity index (χ3v) is 3.98. The van der Waals surface area contributed by atoms with E-state index in [9.17, 15) is 9.59 Å². The molecule has 0 aromatic heterocycles. The highest BCUT2D eigenvalue weighted by molar-refractivity contribution is 5.95. The fourth-order valence-electron chi connectivity index (χ4n) is 2.61. The lowest BCUT2D eigenvalue weighted by Crippen LogP contribution is -2.41. The fraction of sp³-hybridized carbons (Fsp3) is 0.500. The number of carbonyl (C=O) groups is 2. The van der Waals surface area contributed by atoms with E-state index in [0.717, 1.165) is 5.75 Å². The first-order valence-electron chi connectivity index (χ1n) is 7.22. The Kier molecular flexibility index (Phi) is 4.50. The number of nitrogens with zero attached hydrogens (tertiary/aromatic N) is 1. The van der Waals surface area contributed by atoms with E-state index in [1.807, 2.05) is 13.8 Å². The molecule has 1 aliphatic rings. The predicted octanol–water partition coefficient (Wildman–Crippen LogP) is 1.68. The van der Waals surface area contributed by atoms with Crippen LogP contribution in [-0.4, -0.2) is 43.5 Å². The molecule has 0 bridgehead atoms. The highest BCUT2D eigenvalue weighted by atomic mass is 16.5. The molecule has 0 aliphatic carbocycles. The number of benzene rings is 1. The van der Waals surface area contributed by atoms with Gasteiger partial charge in [-0.15, -0.1) is 0 Å². The lowest BCUT2D eigenvalue weighted by Gasteiger charge is -2.23. The van der Waals surface area contributed by atoms with Gasteiger partial charge in [0, 0.05) is 25.2 Å². The van der Waals surface area contributed by atoms with Crippen LogP contribution in [-0.2, 0) is 4.79 Å². The van der Waals surface area contributed by atoms with Gasteiger partial charge in [-0.05, 0) is 44.5 Å². The van der Waals surface area contributed by atoms with Crippen molar-refractivity contribution in [3.05, 3.63) is 29.8 Å². The number of amides is 2. The smallest absolute Gasteiger partial charge is 0.253 e. The van der Waals surface area contributed by atoms with Gasteiger partial charge in [-0.2, -0.15) is 0 Å². The van der Waals surface area contributed by atoms with Gasteiger partial charge in [0.1, 0.15) is 5.75 Å². The van der Waals surface area contributed by atoms with E-state index in [2.05, 4.69) is 5.32 Å². The molecule has 1 atom stereocenters. The maximum Gasteiger partial charge on any atom is 0.253 e. The summed E-state index contributed by atoms with van der Waals surface area (Å²) in [4.78, 5) is 26.3. The summed E-state index contributed by atoms with van der Waals surface area (Å²) in [6.07, 6.45) is 0.695. The van der Waals surface area contributed by atoms with Crippen LogP contribution >= 0.6 is 0 Å². The normalized spacial score (nSPS) is 21.2. The van der Waals surface area contributed by atoms with E-state index in [-0.39, 0.29) is 11.8 Å². The van der Waals surface area contributed by atoms with Crippen LogP contribution in [0.1, 0.15) is 30.6 Å². The first-order chi connectivity index (χ1) is 10.00. The minimum atomic E-state index is -0.488. The highest BCUT2D eigenvalue weighted by Crippen LogP contribution is 2.31. The van der Waals surface area contributed by atoms with Crippen molar-refractivity contribution in [1.82, 2.24) is 10.2 Å². The van der Waals surface area contributed by atoms with Crippen molar-refractivity contribution in [3.8, 4) is 5.75 Å². The van der Waals surface area contributed by atoms with Gasteiger partial charge in [0.05, 0.1) is 12.5 Å². The molecule has 5 heteroatoms. The first-order valence-corrected chi connectivity index (χ1v) is 7.22. The van der Waals surface area contributed by atoms with Crippen molar-refractivity contribution >= 4 is 11.8 Å². The predicted molar refractivity (Wildman–Crippen MR) is 80.3 cm³/mol. The molecular formula is C16H22N2O3. The van der Waals surface area contributed by atoms with Crippen LogP contribution in [0.25, 0.3) is 0 Å². The van der Waals surface area contributed by atoms with Crippen LogP contribution in [0.15, 0.2) is 24.3 Å². The molecule has 0 saturated carbocycles. The topological polar surface area (TPSA) is 58.6 Å². The van der Waals surface area contributed by atoms with Gasteiger partial charge in [-0.25, -0.2) is 0 Å². The van der Waals surface area contributed by atoms with Crippen LogP contribution in [0.3, 0.4) is 0 Å². The zero-order chi connectivity index (χ0) is 15.5. The maximum atomic E-state index is 12.5. The summed E-state index contributed by atoms with van der Waals surface area (Å²) in [5, 5.41) is 2.85. The van der Waals surface area contributed by atoms with E-state index < -0.39 is 5.41 Å². The van der Waals surface area contributed by atoms with Gasteiger partial charge in [0.25, 0.3) is 5.91 Å². The molecule has 0 spiro atoms. The highest BCUT2D eigenvalue weighted by Gasteiger charge is 2.41. The number of hydrogen-bond acceptors (Lipinski definition) is 3. The van der Waals surface area contributed by atoms with Gasteiger partial charge in [-0.1, -0.05) is 0 Å². The monoisotopic (exact) mass is 290 g/mol. The largest absolute Gasteiger partial charge is 0.497 e. The van der Waals surface area contributed by atoms with Crippen LogP contribution in [0.2, 0.25) is 0 Å². The van der Waals surface area contributed by atoms with Crippen molar-refractivity contribution in [3.63, 3.8) is 0 Å². The zero-order valence-electron chi connectivity index (χ0n) is 12.8. The minimum absolute atomic E-state index is 0.0232. The summed E-state index contributed by atoms with van der Waals surface area (Å²) in [5.74, 6) is 0.709. The lowest BCUT2D eigenvalue weighted by molar-refractivity contribution is -0.129. The number of nitrogens with one attached hydrogen (secondary N) is 1. The summed E-state index contributed by atoms with van der Waals surface area (Å²) in [7, 11) is 1.59. The molecule has 2 rings (SSSR count). The van der Waals surface area contributed by atoms with Gasteiger partial charge < -0.3 is 15.0 Å². The quantitative estimate of drug-likeness (QED) is 0.918. The Morgan fingerprint density at radius 3 is 2.57 bits per heavy atom. The lowest BCUT2D eigenvalue weighted by atomic mass is 9.89. The van der Waals surface area contributed by atoms with E-state index in [0.29, 0.717) is 31.6 Å². The molecule has 1 fully saturated rings. The standard InChI is InChI=1S/C16H22N2O3/c1-4-17-15(20)16(2)9-10-18(11-16)14(19)12-5-7-13(21-3)8-6-12/h5-8H,4,9-11H2,1-3H3,(H,17,20). The number of carbonyl (C=O) groups excluding carboxylic acids is 2. The van der Waals surface area contributed by atoms with E-state index in [1.54, 1.807) is 36.3 Å². The molecule has 0 radical (unpaired) electrons.